The van der Waals surface area contributed by atoms with E-state index in [4.69, 9.17) is 0 Å². The molecule has 3 nitrogen and oxygen atoms in total. The number of halogens is 2. The predicted molar refractivity (Wildman–Crippen MR) is 137 cm³/mol. The fourth-order valence-electron chi connectivity index (χ4n) is 4.38. The number of fused-ring (bicyclic) bond motifs is 3. The number of hydrogen-bond acceptors (Lipinski definition) is 4. The summed E-state index contributed by atoms with van der Waals surface area (Å²) in [5.41, 5.74) is 6.06. The van der Waals surface area contributed by atoms with E-state index in [2.05, 4.69) is 89.5 Å². The lowest BCUT2D eigenvalue weighted by molar-refractivity contribution is -0.115. The average Bonchev–Trinajstić information content (AvgIpc) is 3.09. The Hall–Kier alpha value is -1.12. The van der Waals surface area contributed by atoms with Crippen LogP contribution in [0.1, 0.15) is 48.9 Å². The van der Waals surface area contributed by atoms with Crippen molar-refractivity contribution in [3.8, 4) is 0 Å². The molecule has 29 heavy (non-hydrogen) atoms. The normalized spacial score (nSPS) is 20.2. The number of hydrogen-bond donors (Lipinski definition) is 1. The maximum atomic E-state index is 12.5. The predicted octanol–water partition coefficient (Wildman–Crippen LogP) is 6.89. The molecule has 2 aromatic carbocycles. The minimum atomic E-state index is -0.0359. The Balaban J connectivity index is 0.00000117. The molecule has 0 radical (unpaired) electrons. The summed E-state index contributed by atoms with van der Waals surface area (Å²) in [6.07, 6.45) is 5.25. The number of nitrogens with one attached hydrogen (secondary N) is 1. The van der Waals surface area contributed by atoms with Crippen LogP contribution >= 0.6 is 46.3 Å². The summed E-state index contributed by atoms with van der Waals surface area (Å²) in [7, 11) is 1.44. The molecule has 0 saturated carbocycles. The van der Waals surface area contributed by atoms with Gasteiger partial charge in [0.25, 0.3) is 0 Å². The molecule has 2 aromatic rings. The number of hydrazone groups is 1. The van der Waals surface area contributed by atoms with Gasteiger partial charge in [-0.15, -0.1) is 0 Å². The highest BCUT2D eigenvalue weighted by molar-refractivity contribution is 14.2. The number of rotatable bonds is 5. The van der Waals surface area contributed by atoms with E-state index in [1.165, 1.54) is 31.4 Å². The summed E-state index contributed by atoms with van der Waals surface area (Å²) in [4.78, 5) is 15.4. The van der Waals surface area contributed by atoms with Crippen molar-refractivity contribution in [3.05, 3.63) is 75.3 Å². The minimum Gasteiger partial charge on any atom is -0.294 e. The molecule has 1 unspecified atom stereocenters. The average molecular weight is 583 g/mol. The molecule has 0 amide bonds. The van der Waals surface area contributed by atoms with Crippen LogP contribution in [-0.4, -0.2) is 12.0 Å². The number of carbonyl (C=O) groups excluding carboxylic acids is 1. The lowest BCUT2D eigenvalue weighted by Crippen LogP contribution is -2.29. The topological polar surface area (TPSA) is 41.5 Å². The maximum Gasteiger partial charge on any atom is 0.170 e. The standard InChI is InChI=1S/C21H18BrIN2OS.C2H6/c22-20-18(26)9-10-21(11-14-5-2-1-3-6-14)12-17-15(13-24-25-27-23)7-4-8-16(17)19(20)21;1-2/h1-8,13,25H,9-12H2;1-2H3/b24-13-;. The van der Waals surface area contributed by atoms with Gasteiger partial charge in [0.1, 0.15) is 0 Å². The van der Waals surface area contributed by atoms with Crippen LogP contribution in [0.5, 0.6) is 0 Å². The second kappa shape index (κ2) is 10.3. The smallest absolute Gasteiger partial charge is 0.170 e. The van der Waals surface area contributed by atoms with Crippen molar-refractivity contribution in [3.63, 3.8) is 0 Å². The zero-order valence-corrected chi connectivity index (χ0v) is 21.1. The number of carbonyl (C=O) groups is 1. The van der Waals surface area contributed by atoms with Gasteiger partial charge in [0, 0.05) is 42.2 Å². The number of allylic oxidation sites excluding steroid dienone is 2. The molecule has 1 N–H and O–H groups in total. The molecular formula is C23H24BrIN2OS. The SMILES string of the molecule is CC.O=C1CCC2(Cc3ccccc3)Cc3c(/C=N\NSI)cccc3C2=C1Br. The van der Waals surface area contributed by atoms with Gasteiger partial charge in [-0.05, 0) is 63.0 Å². The zero-order chi connectivity index (χ0) is 20.9. The third kappa shape index (κ3) is 4.64. The van der Waals surface area contributed by atoms with Gasteiger partial charge in [0.15, 0.2) is 5.78 Å². The zero-order valence-electron chi connectivity index (χ0n) is 16.5. The molecule has 0 heterocycles. The fourth-order valence-corrected chi connectivity index (χ4v) is 5.64. The summed E-state index contributed by atoms with van der Waals surface area (Å²) in [5.74, 6) is 0.212. The molecule has 0 fully saturated rings. The van der Waals surface area contributed by atoms with E-state index in [1.807, 2.05) is 26.1 Å². The van der Waals surface area contributed by atoms with E-state index in [0.29, 0.717) is 6.42 Å². The van der Waals surface area contributed by atoms with Gasteiger partial charge in [-0.3, -0.25) is 4.79 Å². The summed E-state index contributed by atoms with van der Waals surface area (Å²) in [6, 6.07) is 16.9. The minimum absolute atomic E-state index is 0.0359. The van der Waals surface area contributed by atoms with Gasteiger partial charge in [0.2, 0.25) is 0 Å². The van der Waals surface area contributed by atoms with E-state index in [9.17, 15) is 4.79 Å². The van der Waals surface area contributed by atoms with Crippen LogP contribution in [0.4, 0.5) is 0 Å². The Labute approximate surface area is 197 Å². The first-order chi connectivity index (χ1) is 14.1. The first-order valence-electron chi connectivity index (χ1n) is 9.80. The monoisotopic (exact) mass is 582 g/mol. The molecule has 0 aliphatic heterocycles. The molecule has 0 spiro atoms. The highest BCUT2D eigenvalue weighted by atomic mass is 127. The number of ketones is 1. The van der Waals surface area contributed by atoms with Crippen LogP contribution in [0.3, 0.4) is 0 Å². The van der Waals surface area contributed by atoms with Crippen LogP contribution in [-0.2, 0) is 17.6 Å². The van der Waals surface area contributed by atoms with Crippen molar-refractivity contribution in [1.29, 1.82) is 0 Å². The van der Waals surface area contributed by atoms with Gasteiger partial charge in [-0.2, -0.15) is 5.10 Å². The summed E-state index contributed by atoms with van der Waals surface area (Å²) in [5, 5.41) is 4.28. The number of benzene rings is 2. The lowest BCUT2D eigenvalue weighted by atomic mass is 9.69. The van der Waals surface area contributed by atoms with Gasteiger partial charge < -0.3 is 0 Å². The van der Waals surface area contributed by atoms with Gasteiger partial charge >= 0.3 is 0 Å². The van der Waals surface area contributed by atoms with Crippen molar-refractivity contribution in [1.82, 2.24) is 4.83 Å². The third-order valence-corrected chi connectivity index (χ3v) is 7.10. The van der Waals surface area contributed by atoms with Crippen LogP contribution < -0.4 is 4.83 Å². The van der Waals surface area contributed by atoms with Gasteiger partial charge in [0.05, 0.1) is 10.7 Å². The fraction of sp³-hybridized carbons (Fsp3) is 0.304. The van der Waals surface area contributed by atoms with E-state index in [-0.39, 0.29) is 11.2 Å². The van der Waals surface area contributed by atoms with Gasteiger partial charge in [-0.1, -0.05) is 62.4 Å². The van der Waals surface area contributed by atoms with Crippen LogP contribution in [0.15, 0.2) is 58.1 Å². The van der Waals surface area contributed by atoms with E-state index < -0.39 is 0 Å². The highest BCUT2D eigenvalue weighted by Crippen LogP contribution is 2.56. The first kappa shape index (κ1) is 22.6. The van der Waals surface area contributed by atoms with Crippen LogP contribution in [0.25, 0.3) is 5.57 Å². The van der Waals surface area contributed by atoms with Crippen molar-refractivity contribution >= 4 is 63.8 Å². The van der Waals surface area contributed by atoms with Crippen LogP contribution in [0.2, 0.25) is 0 Å². The van der Waals surface area contributed by atoms with Crippen molar-refractivity contribution in [2.75, 3.05) is 0 Å². The van der Waals surface area contributed by atoms with Crippen LogP contribution in [0, 0.1) is 5.41 Å². The number of Topliss-reactive ketones (excluding diaryl/α,β-unsaturated/α-hetero) is 1. The molecule has 0 saturated heterocycles. The summed E-state index contributed by atoms with van der Waals surface area (Å²) < 4.78 is 0.762. The van der Waals surface area contributed by atoms with Crippen molar-refractivity contribution in [2.45, 2.75) is 39.5 Å². The molecule has 0 bridgehead atoms. The van der Waals surface area contributed by atoms with E-state index in [0.717, 1.165) is 29.3 Å². The molecule has 2 aliphatic carbocycles. The summed E-state index contributed by atoms with van der Waals surface area (Å²) >= 11 is 5.80. The molecule has 6 heteroatoms. The molecule has 4 rings (SSSR count). The molecule has 2 aliphatic rings. The molecule has 1 atom stereocenters. The third-order valence-electron chi connectivity index (χ3n) is 5.50. The quantitative estimate of drug-likeness (QED) is 0.181. The Kier molecular flexibility index (Phi) is 7.99. The van der Waals surface area contributed by atoms with Crippen molar-refractivity contribution in [2.24, 2.45) is 10.5 Å². The Morgan fingerprint density at radius 3 is 2.69 bits per heavy atom. The molecule has 0 aromatic heterocycles. The first-order valence-corrected chi connectivity index (χ1v) is 14.0. The highest BCUT2D eigenvalue weighted by Gasteiger charge is 2.47. The lowest BCUT2D eigenvalue weighted by Gasteiger charge is -2.35. The number of nitrogens with zero attached hydrogens (tertiary/aromatic N) is 1. The summed E-state index contributed by atoms with van der Waals surface area (Å²) in [6.45, 7) is 4.00. The Bertz CT molecular complexity index is 945. The largest absolute Gasteiger partial charge is 0.294 e. The maximum absolute atomic E-state index is 12.5. The Morgan fingerprint density at radius 2 is 1.97 bits per heavy atom. The molecule has 152 valence electrons. The van der Waals surface area contributed by atoms with E-state index >= 15 is 0 Å². The van der Waals surface area contributed by atoms with E-state index in [1.54, 1.807) is 0 Å². The second-order valence-corrected chi connectivity index (χ2v) is 9.48. The second-order valence-electron chi connectivity index (χ2n) is 7.03. The Morgan fingerprint density at radius 1 is 1.21 bits per heavy atom. The molecular weight excluding hydrogens is 559 g/mol. The van der Waals surface area contributed by atoms with Crippen molar-refractivity contribution < 1.29 is 4.79 Å². The van der Waals surface area contributed by atoms with Gasteiger partial charge in [-0.25, -0.2) is 4.83 Å².